The van der Waals surface area contributed by atoms with Crippen molar-refractivity contribution in [2.75, 3.05) is 25.3 Å². The number of hydrogen-bond donors (Lipinski definition) is 3. The molecule has 2 atom stereocenters. The van der Waals surface area contributed by atoms with Gasteiger partial charge in [0.25, 0.3) is 0 Å². The van der Waals surface area contributed by atoms with Crippen LogP contribution in [0.4, 0.5) is 10.6 Å². The van der Waals surface area contributed by atoms with E-state index in [4.69, 9.17) is 9.47 Å². The van der Waals surface area contributed by atoms with Gasteiger partial charge in [-0.15, -0.1) is 0 Å². The van der Waals surface area contributed by atoms with E-state index in [0.717, 1.165) is 37.6 Å². The van der Waals surface area contributed by atoms with Crippen molar-refractivity contribution in [2.45, 2.75) is 55.9 Å². The molecule has 3 rings (SSSR count). The molecular formula is C21H29N5O6S. The zero-order valence-corrected chi connectivity index (χ0v) is 19.7. The highest BCUT2D eigenvalue weighted by Gasteiger charge is 2.29. The zero-order chi connectivity index (χ0) is 24.0. The van der Waals surface area contributed by atoms with E-state index in [-0.39, 0.29) is 34.7 Å². The molecule has 0 saturated heterocycles. The van der Waals surface area contributed by atoms with E-state index in [1.807, 2.05) is 6.92 Å². The lowest BCUT2D eigenvalue weighted by atomic mass is 10.0. The van der Waals surface area contributed by atoms with E-state index in [1.165, 1.54) is 19.4 Å². The number of carbonyl (C=O) groups excluding carboxylic acids is 2. The number of ether oxygens (including phenoxy) is 2. The van der Waals surface area contributed by atoms with E-state index in [2.05, 4.69) is 25.8 Å². The molecule has 1 fully saturated rings. The number of nitrogens with zero attached hydrogens (tertiary/aromatic N) is 2. The van der Waals surface area contributed by atoms with Crippen LogP contribution in [-0.4, -0.2) is 61.6 Å². The van der Waals surface area contributed by atoms with E-state index in [1.54, 1.807) is 6.07 Å². The van der Waals surface area contributed by atoms with Crippen molar-refractivity contribution in [1.82, 2.24) is 20.5 Å². The fourth-order valence-electron chi connectivity index (χ4n) is 3.81. The molecule has 2 aromatic rings. The fraction of sp³-hybridized carbons (Fsp3) is 0.524. The second-order valence-electron chi connectivity index (χ2n) is 8.03. The van der Waals surface area contributed by atoms with E-state index >= 15 is 0 Å². The summed E-state index contributed by atoms with van der Waals surface area (Å²) in [6.07, 6.45) is 4.86. The molecule has 1 saturated carbocycles. The maximum atomic E-state index is 12.6. The first-order valence-electron chi connectivity index (χ1n) is 10.7. The number of H-pyrrole nitrogens is 1. The van der Waals surface area contributed by atoms with E-state index in [9.17, 15) is 18.0 Å². The summed E-state index contributed by atoms with van der Waals surface area (Å²) >= 11 is 0. The number of amides is 2. The first-order valence-corrected chi connectivity index (χ1v) is 12.6. The third-order valence-electron chi connectivity index (χ3n) is 5.38. The van der Waals surface area contributed by atoms with Crippen LogP contribution in [0.3, 0.4) is 0 Å². The zero-order valence-electron chi connectivity index (χ0n) is 18.9. The summed E-state index contributed by atoms with van der Waals surface area (Å²) in [5.74, 6) is 0.308. The molecule has 2 amide bonds. The Balaban J connectivity index is 1.59. The normalized spacial score (nSPS) is 18.0. The minimum absolute atomic E-state index is 0.0248. The Kier molecular flexibility index (Phi) is 7.90. The van der Waals surface area contributed by atoms with Crippen LogP contribution < -0.4 is 15.4 Å². The fourth-order valence-corrected chi connectivity index (χ4v) is 4.67. The van der Waals surface area contributed by atoms with Gasteiger partial charge in [-0.05, 0) is 31.2 Å². The number of sulfone groups is 1. The predicted molar refractivity (Wildman–Crippen MR) is 120 cm³/mol. The maximum absolute atomic E-state index is 12.6. The number of alkyl carbamates (subject to hydrolysis) is 1. The molecule has 2 aromatic heterocycles. The Bertz CT molecular complexity index is 1100. The maximum Gasteiger partial charge on any atom is 0.407 e. The Hall–Kier alpha value is -3.15. The van der Waals surface area contributed by atoms with Crippen molar-refractivity contribution in [3.8, 4) is 5.88 Å². The van der Waals surface area contributed by atoms with E-state index < -0.39 is 21.8 Å². The Morgan fingerprint density at radius 1 is 1.27 bits per heavy atom. The molecule has 2 heterocycles. The minimum Gasteiger partial charge on any atom is -0.481 e. The van der Waals surface area contributed by atoms with Gasteiger partial charge in [0, 0.05) is 42.2 Å². The molecule has 0 bridgehead atoms. The number of aromatic nitrogens is 3. The van der Waals surface area contributed by atoms with Crippen molar-refractivity contribution in [3.05, 3.63) is 29.6 Å². The van der Waals surface area contributed by atoms with Crippen LogP contribution in [0.5, 0.6) is 5.88 Å². The molecule has 0 radical (unpaired) electrons. The molecular weight excluding hydrogens is 450 g/mol. The highest BCUT2D eigenvalue weighted by Crippen LogP contribution is 2.34. The highest BCUT2D eigenvalue weighted by atomic mass is 32.2. The van der Waals surface area contributed by atoms with Gasteiger partial charge in [-0.3, -0.25) is 9.89 Å². The molecule has 0 spiro atoms. The summed E-state index contributed by atoms with van der Waals surface area (Å²) in [6.45, 7) is 2.33. The van der Waals surface area contributed by atoms with Crippen LogP contribution >= 0.6 is 0 Å². The number of carbonyl (C=O) groups is 2. The van der Waals surface area contributed by atoms with Gasteiger partial charge >= 0.3 is 6.09 Å². The molecule has 33 heavy (non-hydrogen) atoms. The molecule has 11 nitrogen and oxygen atoms in total. The summed E-state index contributed by atoms with van der Waals surface area (Å²) in [6, 6.07) is 3.21. The van der Waals surface area contributed by atoms with Crippen LogP contribution in [0.1, 0.15) is 49.8 Å². The molecule has 2 unspecified atom stereocenters. The van der Waals surface area contributed by atoms with Crippen molar-refractivity contribution in [3.63, 3.8) is 0 Å². The summed E-state index contributed by atoms with van der Waals surface area (Å²) in [5.41, 5.74) is 1.15. The molecule has 1 aliphatic carbocycles. The topological polar surface area (TPSA) is 152 Å². The van der Waals surface area contributed by atoms with Gasteiger partial charge in [-0.25, -0.2) is 18.2 Å². The predicted octanol–water partition coefficient (Wildman–Crippen LogP) is 2.17. The average Bonchev–Trinajstić information content (AvgIpc) is 3.40. The number of rotatable bonds is 9. The first-order chi connectivity index (χ1) is 15.7. The summed E-state index contributed by atoms with van der Waals surface area (Å²) in [7, 11) is -2.15. The third kappa shape index (κ3) is 6.67. The van der Waals surface area contributed by atoms with Crippen LogP contribution in [0.25, 0.3) is 0 Å². The van der Waals surface area contributed by atoms with Crippen LogP contribution in [0.15, 0.2) is 23.2 Å². The van der Waals surface area contributed by atoms with Crippen molar-refractivity contribution >= 4 is 27.7 Å². The van der Waals surface area contributed by atoms with Crippen LogP contribution in [0.2, 0.25) is 0 Å². The highest BCUT2D eigenvalue weighted by molar-refractivity contribution is 7.90. The minimum atomic E-state index is -3.56. The number of nitrogens with one attached hydrogen (secondary N) is 3. The Labute approximate surface area is 192 Å². The van der Waals surface area contributed by atoms with Crippen LogP contribution in [0, 0.1) is 0 Å². The molecule has 0 aliphatic heterocycles. The number of hydrogen-bond acceptors (Lipinski definition) is 8. The SMILES string of the molecule is CCCOC(=O)NC1CCC(c2cc(NC(=O)Cc3cc(OC)ncc3S(C)(=O)=O)n[nH]2)C1. The second-order valence-corrected chi connectivity index (χ2v) is 10.0. The number of aromatic amines is 1. The molecule has 0 aromatic carbocycles. The van der Waals surface area contributed by atoms with Crippen LogP contribution in [-0.2, 0) is 25.8 Å². The van der Waals surface area contributed by atoms with Crippen molar-refractivity contribution in [2.24, 2.45) is 0 Å². The summed E-state index contributed by atoms with van der Waals surface area (Å²) in [5, 5.41) is 12.7. The number of anilines is 1. The lowest BCUT2D eigenvalue weighted by Crippen LogP contribution is -2.33. The largest absolute Gasteiger partial charge is 0.481 e. The van der Waals surface area contributed by atoms with Gasteiger partial charge in [-0.1, -0.05) is 6.92 Å². The monoisotopic (exact) mass is 479 g/mol. The standard InChI is InChI=1S/C21H29N5O6S/c1-4-7-32-21(28)23-15-6-5-13(8-15)16-11-18(26-25-16)24-19(27)9-14-10-20(31-2)22-12-17(14)33(3,29)30/h10-13,15H,4-9H2,1-3H3,(H,23,28)(H2,24,25,26,27). The lowest BCUT2D eigenvalue weighted by molar-refractivity contribution is -0.115. The quantitative estimate of drug-likeness (QED) is 0.495. The molecule has 180 valence electrons. The van der Waals surface area contributed by atoms with Gasteiger partial charge in [0.2, 0.25) is 11.8 Å². The Morgan fingerprint density at radius 2 is 2.06 bits per heavy atom. The molecule has 3 N–H and O–H groups in total. The second kappa shape index (κ2) is 10.6. The Morgan fingerprint density at radius 3 is 2.76 bits per heavy atom. The number of pyridine rings is 1. The smallest absolute Gasteiger partial charge is 0.407 e. The van der Waals surface area contributed by atoms with Gasteiger partial charge in [0.15, 0.2) is 15.7 Å². The summed E-state index contributed by atoms with van der Waals surface area (Å²) in [4.78, 5) is 28.2. The van der Waals surface area contributed by atoms with Gasteiger partial charge in [-0.2, -0.15) is 5.10 Å². The summed E-state index contributed by atoms with van der Waals surface area (Å²) < 4.78 is 34.2. The van der Waals surface area contributed by atoms with E-state index in [0.29, 0.717) is 12.4 Å². The third-order valence-corrected chi connectivity index (χ3v) is 6.55. The van der Waals surface area contributed by atoms with Crippen molar-refractivity contribution < 1.29 is 27.5 Å². The van der Waals surface area contributed by atoms with Crippen molar-refractivity contribution in [1.29, 1.82) is 0 Å². The van der Waals surface area contributed by atoms with Gasteiger partial charge in [0.1, 0.15) is 0 Å². The number of methoxy groups -OCH3 is 1. The first kappa shape index (κ1) is 24.5. The molecule has 1 aliphatic rings. The average molecular weight is 480 g/mol. The molecule has 12 heteroatoms. The van der Waals surface area contributed by atoms with Gasteiger partial charge < -0.3 is 20.1 Å². The lowest BCUT2D eigenvalue weighted by Gasteiger charge is -2.12. The van der Waals surface area contributed by atoms with Gasteiger partial charge in [0.05, 0.1) is 25.0 Å².